The van der Waals surface area contributed by atoms with Gasteiger partial charge in [0.25, 0.3) is 0 Å². The molecule has 0 amide bonds. The van der Waals surface area contributed by atoms with E-state index in [-0.39, 0.29) is 11.5 Å². The number of benzene rings is 1. The third-order valence-corrected chi connectivity index (χ3v) is 2.68. The smallest absolute Gasteiger partial charge is 0.201 e. The first-order chi connectivity index (χ1) is 8.20. The first-order valence-corrected chi connectivity index (χ1v) is 5.46. The van der Waals surface area contributed by atoms with Gasteiger partial charge in [-0.2, -0.15) is 14.7 Å². The van der Waals surface area contributed by atoms with Crippen LogP contribution in [0.1, 0.15) is 0 Å². The molecular formula is C10H8N6S. The molecule has 0 aliphatic rings. The number of hydrazone groups is 1. The Bertz CT molecular complexity index is 636. The van der Waals surface area contributed by atoms with Crippen LogP contribution < -0.4 is 11.2 Å². The average Bonchev–Trinajstić information content (AvgIpc) is 2.76. The van der Waals surface area contributed by atoms with Gasteiger partial charge in [-0.25, -0.2) is 0 Å². The Morgan fingerprint density at radius 3 is 3.12 bits per heavy atom. The molecule has 0 saturated carbocycles. The topological polar surface area (TPSA) is 111 Å². The van der Waals surface area contributed by atoms with Crippen molar-refractivity contribution < 1.29 is 0 Å². The van der Waals surface area contributed by atoms with Crippen molar-refractivity contribution in [1.29, 1.82) is 10.7 Å². The Labute approximate surface area is 101 Å². The monoisotopic (exact) mass is 244 g/mol. The van der Waals surface area contributed by atoms with E-state index < -0.39 is 0 Å². The normalized spacial score (nSPS) is 11.1. The van der Waals surface area contributed by atoms with Crippen LogP contribution in [-0.2, 0) is 0 Å². The second kappa shape index (κ2) is 4.59. The summed E-state index contributed by atoms with van der Waals surface area (Å²) in [6.45, 7) is 0. The van der Waals surface area contributed by atoms with E-state index in [0.29, 0.717) is 5.69 Å². The summed E-state index contributed by atoms with van der Waals surface area (Å²) in [6, 6.07) is 7.25. The quantitative estimate of drug-likeness (QED) is 0.431. The fraction of sp³-hybridized carbons (Fsp3) is 0. The van der Waals surface area contributed by atoms with Gasteiger partial charge in [0.05, 0.1) is 11.2 Å². The summed E-state index contributed by atoms with van der Waals surface area (Å²) in [4.78, 5) is 0. The highest BCUT2D eigenvalue weighted by molar-refractivity contribution is 7.04. The summed E-state index contributed by atoms with van der Waals surface area (Å²) >= 11 is 1.38. The number of nitrogens with one attached hydrogen (secondary N) is 2. The summed E-state index contributed by atoms with van der Waals surface area (Å²) < 4.78 is 4.18. The Hall–Kier alpha value is -2.46. The number of nitrogens with zero attached hydrogens (tertiary/aromatic N) is 3. The number of nitrogens with two attached hydrogens (primary N) is 1. The predicted molar refractivity (Wildman–Crippen MR) is 68.2 cm³/mol. The molecule has 6 nitrogen and oxygen atoms in total. The summed E-state index contributed by atoms with van der Waals surface area (Å²) in [6.07, 6.45) is 0. The maximum absolute atomic E-state index is 8.66. The molecule has 0 fully saturated rings. The number of fused-ring (bicyclic) bond motifs is 1. The summed E-state index contributed by atoms with van der Waals surface area (Å²) in [5.41, 5.74) is 9.23. The number of amidine groups is 1. The van der Waals surface area contributed by atoms with Gasteiger partial charge < -0.3 is 5.73 Å². The van der Waals surface area contributed by atoms with Crippen molar-refractivity contribution in [2.24, 2.45) is 10.8 Å². The van der Waals surface area contributed by atoms with Gasteiger partial charge in [-0.1, -0.05) is 0 Å². The molecule has 4 N–H and O–H groups in total. The molecule has 0 saturated heterocycles. The fourth-order valence-electron chi connectivity index (χ4n) is 1.20. The number of anilines is 1. The van der Waals surface area contributed by atoms with Crippen LogP contribution in [-0.4, -0.2) is 15.9 Å². The van der Waals surface area contributed by atoms with Gasteiger partial charge in [-0.3, -0.25) is 10.8 Å². The third kappa shape index (κ3) is 2.38. The van der Waals surface area contributed by atoms with E-state index in [4.69, 9.17) is 16.4 Å². The van der Waals surface area contributed by atoms with Gasteiger partial charge in [0.1, 0.15) is 6.07 Å². The number of rotatable bonds is 3. The fourth-order valence-corrected chi connectivity index (χ4v) is 1.84. The molecule has 17 heavy (non-hydrogen) atoms. The van der Waals surface area contributed by atoms with E-state index >= 15 is 0 Å². The molecular weight excluding hydrogens is 236 g/mol. The number of hydrogen-bond donors (Lipinski definition) is 3. The molecule has 0 radical (unpaired) electrons. The zero-order chi connectivity index (χ0) is 12.3. The minimum atomic E-state index is -0.366. The highest BCUT2D eigenvalue weighted by atomic mass is 32.1. The molecule has 84 valence electrons. The van der Waals surface area contributed by atoms with Crippen molar-refractivity contribution in [1.82, 2.24) is 4.37 Å². The largest absolute Gasteiger partial charge is 0.382 e. The minimum Gasteiger partial charge on any atom is -0.382 e. The van der Waals surface area contributed by atoms with E-state index in [1.807, 2.05) is 23.6 Å². The maximum atomic E-state index is 8.66. The molecule has 2 rings (SSSR count). The van der Waals surface area contributed by atoms with Crippen LogP contribution in [0.15, 0.2) is 28.7 Å². The summed E-state index contributed by atoms with van der Waals surface area (Å²) in [5.74, 6) is -0.366. The molecule has 0 atom stereocenters. The van der Waals surface area contributed by atoms with Crippen molar-refractivity contribution in [3.05, 3.63) is 23.6 Å². The standard InChI is InChI=1S/C10H8N6S/c11-4-9(10(12)13)15-14-7-2-1-6-5-17-16-8(6)3-7/h1-3,5,14H,(H3,12,13)/b15-9+. The molecule has 1 aromatic carbocycles. The maximum Gasteiger partial charge on any atom is 0.201 e. The lowest BCUT2D eigenvalue weighted by Crippen LogP contribution is -2.21. The SMILES string of the molecule is N#C/C(=N\Nc1ccc2csnc2c1)C(=N)N. The lowest BCUT2D eigenvalue weighted by Gasteiger charge is -2.00. The molecule has 0 spiro atoms. The highest BCUT2D eigenvalue weighted by Crippen LogP contribution is 2.19. The highest BCUT2D eigenvalue weighted by Gasteiger charge is 2.01. The van der Waals surface area contributed by atoms with Crippen LogP contribution in [0.2, 0.25) is 0 Å². The zero-order valence-electron chi connectivity index (χ0n) is 8.64. The Morgan fingerprint density at radius 2 is 2.41 bits per heavy atom. The van der Waals surface area contributed by atoms with Crippen LogP contribution in [0.3, 0.4) is 0 Å². The number of aromatic nitrogens is 1. The second-order valence-electron chi connectivity index (χ2n) is 3.19. The van der Waals surface area contributed by atoms with Gasteiger partial charge in [0.2, 0.25) is 5.71 Å². The lowest BCUT2D eigenvalue weighted by molar-refractivity contribution is 1.34. The van der Waals surface area contributed by atoms with Crippen molar-refractivity contribution >= 4 is 39.7 Å². The third-order valence-electron chi connectivity index (χ3n) is 2.02. The van der Waals surface area contributed by atoms with Crippen molar-refractivity contribution in [2.45, 2.75) is 0 Å². The Morgan fingerprint density at radius 1 is 1.59 bits per heavy atom. The van der Waals surface area contributed by atoms with Gasteiger partial charge in [0, 0.05) is 10.8 Å². The van der Waals surface area contributed by atoms with Gasteiger partial charge in [0.15, 0.2) is 5.84 Å². The second-order valence-corrected chi connectivity index (χ2v) is 3.81. The molecule has 0 bridgehead atoms. The van der Waals surface area contributed by atoms with Gasteiger partial charge in [-0.15, -0.1) is 0 Å². The van der Waals surface area contributed by atoms with Crippen molar-refractivity contribution in [3.63, 3.8) is 0 Å². The van der Waals surface area contributed by atoms with E-state index in [9.17, 15) is 0 Å². The molecule has 1 aromatic heterocycles. The predicted octanol–water partition coefficient (Wildman–Crippen LogP) is 1.52. The van der Waals surface area contributed by atoms with Crippen LogP contribution in [0.4, 0.5) is 5.69 Å². The van der Waals surface area contributed by atoms with Gasteiger partial charge in [-0.05, 0) is 29.7 Å². The molecule has 0 unspecified atom stereocenters. The van der Waals surface area contributed by atoms with Crippen LogP contribution >= 0.6 is 11.5 Å². The van der Waals surface area contributed by atoms with Crippen molar-refractivity contribution in [3.8, 4) is 6.07 Å². The molecule has 2 aromatic rings. The minimum absolute atomic E-state index is 0.150. The van der Waals surface area contributed by atoms with Crippen molar-refractivity contribution in [2.75, 3.05) is 5.43 Å². The Balaban J connectivity index is 2.24. The Kier molecular flexibility index (Phi) is 2.98. The van der Waals surface area contributed by atoms with Gasteiger partial charge >= 0.3 is 0 Å². The van der Waals surface area contributed by atoms with E-state index in [0.717, 1.165) is 10.9 Å². The number of nitriles is 1. The molecule has 0 aliphatic heterocycles. The van der Waals surface area contributed by atoms with E-state index in [2.05, 4.69) is 14.9 Å². The lowest BCUT2D eigenvalue weighted by atomic mass is 10.2. The number of hydrogen-bond acceptors (Lipinski definition) is 6. The van der Waals surface area contributed by atoms with Crippen LogP contribution in [0.25, 0.3) is 10.9 Å². The summed E-state index contributed by atoms with van der Waals surface area (Å²) in [5, 5.41) is 22.5. The molecule has 0 aliphatic carbocycles. The van der Waals surface area contributed by atoms with Crippen LogP contribution in [0.5, 0.6) is 0 Å². The first kappa shape index (κ1) is 11.0. The zero-order valence-corrected chi connectivity index (χ0v) is 9.45. The average molecular weight is 244 g/mol. The van der Waals surface area contributed by atoms with Crippen LogP contribution in [0, 0.1) is 16.7 Å². The van der Waals surface area contributed by atoms with E-state index in [1.54, 1.807) is 6.07 Å². The molecule has 1 heterocycles. The summed E-state index contributed by atoms with van der Waals surface area (Å²) in [7, 11) is 0. The molecule has 7 heteroatoms. The van der Waals surface area contributed by atoms with E-state index in [1.165, 1.54) is 11.5 Å². The first-order valence-electron chi connectivity index (χ1n) is 4.63.